The zero-order chi connectivity index (χ0) is 20.8. The first-order chi connectivity index (χ1) is 13.9. The molecule has 0 radical (unpaired) electrons. The number of hydrogen-bond donors (Lipinski definition) is 1. The van der Waals surface area contributed by atoms with Gasteiger partial charge in [-0.05, 0) is 53.6 Å². The minimum atomic E-state index is -0.571. The third kappa shape index (κ3) is 5.52. The van der Waals surface area contributed by atoms with Gasteiger partial charge in [-0.25, -0.2) is 4.98 Å². The van der Waals surface area contributed by atoms with E-state index in [1.807, 2.05) is 32.0 Å². The summed E-state index contributed by atoms with van der Waals surface area (Å²) in [5.74, 6) is -1.14. The fraction of sp³-hybridized carbons (Fsp3) is 0.222. The molecule has 0 aliphatic carbocycles. The number of tetrazole rings is 1. The maximum absolute atomic E-state index is 12.0. The van der Waals surface area contributed by atoms with Gasteiger partial charge in [0.25, 0.3) is 5.91 Å². The summed E-state index contributed by atoms with van der Waals surface area (Å²) in [6.07, 6.45) is 1.50. The average Bonchev–Trinajstić information content (AvgIpc) is 3.17. The van der Waals surface area contributed by atoms with Crippen LogP contribution in [0.1, 0.15) is 11.1 Å². The minimum absolute atomic E-state index is 0.0494. The zero-order valence-corrected chi connectivity index (χ0v) is 17.2. The van der Waals surface area contributed by atoms with Gasteiger partial charge >= 0.3 is 5.97 Å². The number of amides is 1. The predicted molar refractivity (Wildman–Crippen MR) is 108 cm³/mol. The Hall–Kier alpha value is -2.98. The Bertz CT molecular complexity index is 1040. The first-order valence-corrected chi connectivity index (χ1v) is 9.85. The van der Waals surface area contributed by atoms with Crippen molar-refractivity contribution >= 4 is 40.9 Å². The Morgan fingerprint density at radius 2 is 2.10 bits per heavy atom. The van der Waals surface area contributed by atoms with E-state index in [9.17, 15) is 9.59 Å². The molecule has 9 nitrogen and oxygen atoms in total. The molecule has 11 heteroatoms. The van der Waals surface area contributed by atoms with Crippen molar-refractivity contribution < 1.29 is 14.3 Å². The molecule has 0 saturated carbocycles. The molecule has 0 aliphatic heterocycles. The first kappa shape index (κ1) is 20.7. The maximum Gasteiger partial charge on any atom is 0.316 e. The lowest BCUT2D eigenvalue weighted by molar-refractivity contribution is -0.144. The fourth-order valence-corrected chi connectivity index (χ4v) is 3.19. The van der Waals surface area contributed by atoms with Crippen LogP contribution in [0.2, 0.25) is 5.15 Å². The molecule has 3 aromatic rings. The Labute approximate surface area is 175 Å². The van der Waals surface area contributed by atoms with Crippen molar-refractivity contribution in [2.45, 2.75) is 19.0 Å². The molecule has 0 bridgehead atoms. The summed E-state index contributed by atoms with van der Waals surface area (Å²) < 4.78 is 6.56. The third-order valence-electron chi connectivity index (χ3n) is 3.75. The minimum Gasteiger partial charge on any atom is -0.455 e. The molecular formula is C18H17ClN6O3S. The van der Waals surface area contributed by atoms with Crippen LogP contribution in [0.3, 0.4) is 0 Å². The third-order valence-corrected chi connectivity index (χ3v) is 4.94. The second-order valence-electron chi connectivity index (χ2n) is 6.00. The van der Waals surface area contributed by atoms with Gasteiger partial charge in [0.2, 0.25) is 5.16 Å². The largest absolute Gasteiger partial charge is 0.455 e. The molecule has 0 saturated heterocycles. The molecule has 3 rings (SSSR count). The predicted octanol–water partition coefficient (Wildman–Crippen LogP) is 2.60. The second-order valence-corrected chi connectivity index (χ2v) is 7.30. The van der Waals surface area contributed by atoms with Crippen molar-refractivity contribution in [1.82, 2.24) is 25.2 Å². The van der Waals surface area contributed by atoms with E-state index < -0.39 is 18.5 Å². The molecule has 0 unspecified atom stereocenters. The molecule has 2 aromatic heterocycles. The Balaban J connectivity index is 1.53. The number of hydrogen-bond acceptors (Lipinski definition) is 8. The van der Waals surface area contributed by atoms with Gasteiger partial charge in [-0.15, -0.1) is 5.10 Å². The number of aromatic nitrogens is 5. The van der Waals surface area contributed by atoms with Gasteiger partial charge in [-0.1, -0.05) is 35.5 Å². The van der Waals surface area contributed by atoms with Crippen LogP contribution in [0.4, 0.5) is 5.69 Å². The van der Waals surface area contributed by atoms with E-state index in [4.69, 9.17) is 16.3 Å². The van der Waals surface area contributed by atoms with E-state index in [2.05, 4.69) is 25.8 Å². The molecule has 1 aromatic carbocycles. The summed E-state index contributed by atoms with van der Waals surface area (Å²) in [4.78, 5) is 27.7. The van der Waals surface area contributed by atoms with Crippen molar-refractivity contribution in [2.24, 2.45) is 0 Å². The number of nitrogens with zero attached hydrogens (tertiary/aromatic N) is 5. The summed E-state index contributed by atoms with van der Waals surface area (Å²) in [5.41, 5.74) is 3.24. The lowest BCUT2D eigenvalue weighted by Gasteiger charge is -2.09. The van der Waals surface area contributed by atoms with Gasteiger partial charge in [0.15, 0.2) is 11.8 Å². The number of anilines is 1. The van der Waals surface area contributed by atoms with Crippen molar-refractivity contribution in [3.8, 4) is 5.69 Å². The highest BCUT2D eigenvalue weighted by Gasteiger charge is 2.15. The summed E-state index contributed by atoms with van der Waals surface area (Å²) in [5, 5.41) is 14.8. The molecule has 0 atom stereocenters. The second kappa shape index (κ2) is 9.48. The number of ether oxygens (including phenoxy) is 1. The Morgan fingerprint density at radius 1 is 1.28 bits per heavy atom. The fourth-order valence-electron chi connectivity index (χ4n) is 2.34. The van der Waals surface area contributed by atoms with Gasteiger partial charge in [0, 0.05) is 6.20 Å². The van der Waals surface area contributed by atoms with Gasteiger partial charge in [-0.3, -0.25) is 9.59 Å². The monoisotopic (exact) mass is 432 g/mol. The lowest BCUT2D eigenvalue weighted by atomic mass is 10.1. The Kier molecular flexibility index (Phi) is 6.78. The number of pyridine rings is 1. The van der Waals surface area contributed by atoms with E-state index >= 15 is 0 Å². The van der Waals surface area contributed by atoms with Crippen LogP contribution in [0.25, 0.3) is 5.69 Å². The van der Waals surface area contributed by atoms with Crippen LogP contribution < -0.4 is 5.32 Å². The number of esters is 1. The van der Waals surface area contributed by atoms with Crippen LogP contribution >= 0.6 is 23.4 Å². The van der Waals surface area contributed by atoms with Gasteiger partial charge in [0.05, 0.1) is 17.1 Å². The number of benzene rings is 1. The molecule has 29 heavy (non-hydrogen) atoms. The standard InChI is InChI=1S/C18H17ClN6O3S/c1-11-5-6-12(2)14(8-11)25-18(22-23-24-25)29-10-16(27)28-9-15(26)21-13-4-3-7-20-17(13)19/h3-8H,9-10H2,1-2H3,(H,21,26). The van der Waals surface area contributed by atoms with Crippen molar-refractivity contribution in [2.75, 3.05) is 17.7 Å². The van der Waals surface area contributed by atoms with Crippen LogP contribution in [0, 0.1) is 13.8 Å². The highest BCUT2D eigenvalue weighted by atomic mass is 35.5. The van der Waals surface area contributed by atoms with E-state index in [1.54, 1.807) is 16.8 Å². The molecule has 1 N–H and O–H groups in total. The highest BCUT2D eigenvalue weighted by Crippen LogP contribution is 2.22. The quantitative estimate of drug-likeness (QED) is 0.344. The molecule has 150 valence electrons. The van der Waals surface area contributed by atoms with Gasteiger partial charge in [-0.2, -0.15) is 4.68 Å². The lowest BCUT2D eigenvalue weighted by Crippen LogP contribution is -2.22. The molecule has 0 fully saturated rings. The Morgan fingerprint density at radius 3 is 2.90 bits per heavy atom. The van der Waals surface area contributed by atoms with Crippen molar-refractivity contribution in [1.29, 1.82) is 0 Å². The average molecular weight is 433 g/mol. The molecule has 2 heterocycles. The molecule has 0 spiro atoms. The summed E-state index contributed by atoms with van der Waals surface area (Å²) in [6, 6.07) is 9.16. The number of halogens is 1. The van der Waals surface area contributed by atoms with Crippen LogP contribution in [0.5, 0.6) is 0 Å². The van der Waals surface area contributed by atoms with Gasteiger partial charge < -0.3 is 10.1 Å². The van der Waals surface area contributed by atoms with Crippen LogP contribution in [-0.2, 0) is 14.3 Å². The van der Waals surface area contributed by atoms with Crippen LogP contribution in [-0.4, -0.2) is 49.4 Å². The van der Waals surface area contributed by atoms with E-state index in [1.165, 1.54) is 6.20 Å². The summed E-state index contributed by atoms with van der Waals surface area (Å²) in [6.45, 7) is 3.49. The molecule has 0 aliphatic rings. The number of carbonyl (C=O) groups is 2. The molecular weight excluding hydrogens is 416 g/mol. The van der Waals surface area contributed by atoms with Crippen LogP contribution in [0.15, 0.2) is 41.7 Å². The first-order valence-electron chi connectivity index (χ1n) is 8.49. The SMILES string of the molecule is Cc1ccc(C)c(-n2nnnc2SCC(=O)OCC(=O)Nc2cccnc2Cl)c1. The maximum atomic E-state index is 12.0. The van der Waals surface area contributed by atoms with E-state index in [-0.39, 0.29) is 10.9 Å². The number of carbonyl (C=O) groups excluding carboxylic acids is 2. The normalized spacial score (nSPS) is 10.6. The number of nitrogens with one attached hydrogen (secondary N) is 1. The molecule has 1 amide bonds. The van der Waals surface area contributed by atoms with Crippen molar-refractivity contribution in [3.05, 3.63) is 52.8 Å². The zero-order valence-electron chi connectivity index (χ0n) is 15.6. The number of thioether (sulfide) groups is 1. The number of aryl methyl sites for hydroxylation is 2. The van der Waals surface area contributed by atoms with Gasteiger partial charge in [0.1, 0.15) is 0 Å². The van der Waals surface area contributed by atoms with Crippen molar-refractivity contribution in [3.63, 3.8) is 0 Å². The number of rotatable bonds is 7. The smallest absolute Gasteiger partial charge is 0.316 e. The highest BCUT2D eigenvalue weighted by molar-refractivity contribution is 7.99. The summed E-state index contributed by atoms with van der Waals surface area (Å²) >= 11 is 6.98. The summed E-state index contributed by atoms with van der Waals surface area (Å²) in [7, 11) is 0. The van der Waals surface area contributed by atoms with E-state index in [0.717, 1.165) is 28.6 Å². The van der Waals surface area contributed by atoms with E-state index in [0.29, 0.717) is 10.8 Å². The topological polar surface area (TPSA) is 112 Å².